The largest absolute Gasteiger partial charge is 0.493 e. The second kappa shape index (κ2) is 16.8. The molecule has 1 amide bonds. The van der Waals surface area contributed by atoms with E-state index >= 15 is 0 Å². The SMILES string of the molecule is C=CC.CC.N[N+](=O)[O-].Nc1nccc2ccc(OCCC(=O)N3CCOc4cc(-c5ccccc5)ccc43)cc12. The molecule has 4 aromatic rings. The number of carbonyl (C=O) groups is 1. The van der Waals surface area contributed by atoms with E-state index in [4.69, 9.17) is 25.3 Å². The van der Waals surface area contributed by atoms with Crippen LogP contribution >= 0.6 is 0 Å². The van der Waals surface area contributed by atoms with Gasteiger partial charge in [-0.1, -0.05) is 62.4 Å². The molecule has 0 saturated carbocycles. The van der Waals surface area contributed by atoms with E-state index in [9.17, 15) is 4.79 Å². The quantitative estimate of drug-likeness (QED) is 0.130. The molecule has 0 bridgehead atoms. The average molecular weight is 560 g/mol. The van der Waals surface area contributed by atoms with Crippen molar-refractivity contribution >= 4 is 28.2 Å². The van der Waals surface area contributed by atoms with Crippen molar-refractivity contribution in [1.82, 2.24) is 4.98 Å². The first-order valence-electron chi connectivity index (χ1n) is 13.2. The van der Waals surface area contributed by atoms with E-state index < -0.39 is 5.03 Å². The highest BCUT2D eigenvalue weighted by Crippen LogP contribution is 2.36. The molecular formula is C31H37N5O5. The van der Waals surface area contributed by atoms with Crippen LogP contribution in [0.5, 0.6) is 11.5 Å². The average Bonchev–Trinajstić information content (AvgIpc) is 2.98. The molecule has 4 N–H and O–H groups in total. The summed E-state index contributed by atoms with van der Waals surface area (Å²) in [5.74, 6) is 5.69. The lowest BCUT2D eigenvalue weighted by atomic mass is 10.0. The van der Waals surface area contributed by atoms with Crippen LogP contribution in [0.3, 0.4) is 0 Å². The Labute approximate surface area is 240 Å². The summed E-state index contributed by atoms with van der Waals surface area (Å²) in [6.07, 6.45) is 3.69. The number of hydrogen-bond acceptors (Lipinski definition) is 7. The number of fused-ring (bicyclic) bond motifs is 2. The lowest BCUT2D eigenvalue weighted by molar-refractivity contribution is -0.491. The van der Waals surface area contributed by atoms with E-state index in [-0.39, 0.29) is 18.9 Å². The molecule has 10 heteroatoms. The van der Waals surface area contributed by atoms with Gasteiger partial charge in [-0.2, -0.15) is 5.84 Å². The summed E-state index contributed by atoms with van der Waals surface area (Å²) in [4.78, 5) is 27.4. The summed E-state index contributed by atoms with van der Waals surface area (Å²) in [6.45, 7) is 10.5. The fraction of sp³-hybridized carbons (Fsp3) is 0.226. The van der Waals surface area contributed by atoms with Crippen molar-refractivity contribution in [2.45, 2.75) is 27.2 Å². The van der Waals surface area contributed by atoms with Crippen LogP contribution in [0.2, 0.25) is 0 Å². The van der Waals surface area contributed by atoms with E-state index in [1.165, 1.54) is 0 Å². The van der Waals surface area contributed by atoms with Crippen molar-refractivity contribution in [3.8, 4) is 22.6 Å². The number of aromatic nitrogens is 1. The Morgan fingerprint density at radius 1 is 1.12 bits per heavy atom. The Balaban J connectivity index is 0.000000582. The van der Waals surface area contributed by atoms with Crippen LogP contribution in [-0.2, 0) is 4.79 Å². The number of nitrogens with zero attached hydrogens (tertiary/aromatic N) is 3. The van der Waals surface area contributed by atoms with Crippen molar-refractivity contribution < 1.29 is 19.3 Å². The van der Waals surface area contributed by atoms with Gasteiger partial charge < -0.3 is 20.1 Å². The molecule has 3 aromatic carbocycles. The van der Waals surface area contributed by atoms with Crippen molar-refractivity contribution in [3.63, 3.8) is 0 Å². The number of nitrogens with two attached hydrogens (primary N) is 2. The smallest absolute Gasteiger partial charge is 0.230 e. The van der Waals surface area contributed by atoms with Gasteiger partial charge in [0.05, 0.1) is 25.3 Å². The molecule has 1 aliphatic heterocycles. The molecule has 0 spiro atoms. The van der Waals surface area contributed by atoms with Gasteiger partial charge in [-0.25, -0.2) is 15.1 Å². The van der Waals surface area contributed by atoms with Gasteiger partial charge in [-0.3, -0.25) is 4.79 Å². The maximum Gasteiger partial charge on any atom is 0.230 e. The number of hydrazine groups is 1. The summed E-state index contributed by atoms with van der Waals surface area (Å²) in [5, 5.41) is 9.42. The minimum atomic E-state index is -1.00. The molecule has 0 saturated heterocycles. The van der Waals surface area contributed by atoms with Crippen LogP contribution < -0.4 is 25.9 Å². The zero-order valence-electron chi connectivity index (χ0n) is 23.7. The summed E-state index contributed by atoms with van der Waals surface area (Å²) in [6, 6.07) is 23.7. The molecule has 5 rings (SSSR count). The molecule has 41 heavy (non-hydrogen) atoms. The number of benzene rings is 3. The van der Waals surface area contributed by atoms with Crippen LogP contribution in [0.15, 0.2) is 91.6 Å². The molecular weight excluding hydrogens is 522 g/mol. The summed E-state index contributed by atoms with van der Waals surface area (Å²) < 4.78 is 11.7. The Morgan fingerprint density at radius 2 is 1.80 bits per heavy atom. The highest BCUT2D eigenvalue weighted by atomic mass is 16.7. The van der Waals surface area contributed by atoms with Gasteiger partial charge in [0.25, 0.3) is 0 Å². The third-order valence-electron chi connectivity index (χ3n) is 5.58. The monoisotopic (exact) mass is 559 g/mol. The van der Waals surface area contributed by atoms with Crippen LogP contribution in [0.25, 0.3) is 21.9 Å². The normalized spacial score (nSPS) is 11.0. The number of ether oxygens (including phenoxy) is 2. The van der Waals surface area contributed by atoms with Gasteiger partial charge in [0.1, 0.15) is 23.9 Å². The van der Waals surface area contributed by atoms with Crippen molar-refractivity contribution in [2.75, 3.05) is 30.4 Å². The Hall–Kier alpha value is -5.12. The number of hydrogen-bond donors (Lipinski definition) is 2. The Kier molecular flexibility index (Phi) is 13.1. The molecule has 1 aromatic heterocycles. The Morgan fingerprint density at radius 3 is 2.49 bits per heavy atom. The first-order chi connectivity index (χ1) is 19.8. The van der Waals surface area contributed by atoms with Crippen LogP contribution in [0.1, 0.15) is 27.2 Å². The van der Waals surface area contributed by atoms with Crippen molar-refractivity contribution in [2.24, 2.45) is 5.84 Å². The predicted molar refractivity (Wildman–Crippen MR) is 164 cm³/mol. The third-order valence-corrected chi connectivity index (χ3v) is 5.58. The molecule has 0 aliphatic carbocycles. The van der Waals surface area contributed by atoms with E-state index in [0.29, 0.717) is 24.7 Å². The topological polar surface area (TPSA) is 147 Å². The van der Waals surface area contributed by atoms with Gasteiger partial charge in [0, 0.05) is 11.6 Å². The number of allylic oxidation sites excluding steroid dienone is 1. The second-order valence-electron chi connectivity index (χ2n) is 8.31. The molecule has 216 valence electrons. The zero-order chi connectivity index (χ0) is 30.2. The van der Waals surface area contributed by atoms with Crippen molar-refractivity contribution in [1.29, 1.82) is 0 Å². The molecule has 1 aliphatic rings. The first-order valence-corrected chi connectivity index (χ1v) is 13.2. The molecule has 2 heterocycles. The fourth-order valence-electron chi connectivity index (χ4n) is 3.94. The van der Waals surface area contributed by atoms with Gasteiger partial charge in [0.15, 0.2) is 5.03 Å². The van der Waals surface area contributed by atoms with Crippen LogP contribution in [0.4, 0.5) is 11.5 Å². The van der Waals surface area contributed by atoms with Gasteiger partial charge in [-0.15, -0.1) is 6.58 Å². The predicted octanol–water partition coefficient (Wildman–Crippen LogP) is 6.03. The van der Waals surface area contributed by atoms with Crippen LogP contribution in [-0.4, -0.2) is 35.7 Å². The highest BCUT2D eigenvalue weighted by Gasteiger charge is 2.24. The maximum atomic E-state index is 12.9. The molecule has 10 nitrogen and oxygen atoms in total. The van der Waals surface area contributed by atoms with E-state index in [2.05, 4.69) is 29.5 Å². The molecule has 0 unspecified atom stereocenters. The van der Waals surface area contributed by atoms with E-state index in [0.717, 1.165) is 33.3 Å². The fourth-order valence-corrected chi connectivity index (χ4v) is 3.94. The number of nitro groups is 1. The number of nitrogen functional groups attached to an aromatic ring is 1. The number of anilines is 2. The van der Waals surface area contributed by atoms with Gasteiger partial charge in [0.2, 0.25) is 5.91 Å². The number of pyridine rings is 1. The Bertz CT molecular complexity index is 1430. The molecule has 0 atom stereocenters. The van der Waals surface area contributed by atoms with Gasteiger partial charge in [-0.05, 0) is 53.8 Å². The van der Waals surface area contributed by atoms with E-state index in [1.807, 2.05) is 81.4 Å². The highest BCUT2D eigenvalue weighted by molar-refractivity contribution is 5.96. The van der Waals surface area contributed by atoms with Gasteiger partial charge >= 0.3 is 0 Å². The van der Waals surface area contributed by atoms with E-state index in [1.54, 1.807) is 17.2 Å². The summed E-state index contributed by atoms with van der Waals surface area (Å²) >= 11 is 0. The maximum absolute atomic E-state index is 12.9. The minimum Gasteiger partial charge on any atom is -0.493 e. The summed E-state index contributed by atoms with van der Waals surface area (Å²) in [7, 11) is 0. The van der Waals surface area contributed by atoms with Crippen LogP contribution in [0, 0.1) is 10.1 Å². The lowest BCUT2D eigenvalue weighted by Crippen LogP contribution is -2.38. The standard InChI is InChI=1S/C26H23N3O3.C3H6.C2H6.H2N2O2/c27-26-22-17-21(8-6-19(22)10-12-28-26)31-14-11-25(30)29-13-15-32-24-16-20(7-9-23(24)29)18-4-2-1-3-5-18;1-3-2;1-2;1-2(3)4/h1-10,12,16-17H,11,13-15H2,(H2,27,28);3H,1H2,2H3;1-2H3;1H2. The summed E-state index contributed by atoms with van der Waals surface area (Å²) in [5.41, 5.74) is 8.92. The zero-order valence-corrected chi connectivity index (χ0v) is 23.7. The molecule has 0 radical (unpaired) electrons. The molecule has 0 fully saturated rings. The number of rotatable bonds is 5. The second-order valence-corrected chi connectivity index (χ2v) is 8.31. The minimum absolute atomic E-state index is 0.00369. The number of amides is 1. The third kappa shape index (κ3) is 9.54. The van der Waals surface area contributed by atoms with Crippen molar-refractivity contribution in [3.05, 3.63) is 102 Å². The number of carbonyl (C=O) groups excluding carboxylic acids is 1. The lowest BCUT2D eigenvalue weighted by Gasteiger charge is -2.30. The first kappa shape index (κ1) is 32.1.